The molecule has 0 N–H and O–H groups in total. The van der Waals surface area contributed by atoms with E-state index < -0.39 is 0 Å². The van der Waals surface area contributed by atoms with Gasteiger partial charge in [-0.25, -0.2) is 0 Å². The second-order valence-electron chi connectivity index (χ2n) is 9.14. The summed E-state index contributed by atoms with van der Waals surface area (Å²) in [7, 11) is 0. The molecule has 26 heavy (non-hydrogen) atoms. The van der Waals surface area contributed by atoms with Crippen LogP contribution in [-0.2, 0) is 16.2 Å². The average Bonchev–Trinajstić information content (AvgIpc) is 2.59. The van der Waals surface area contributed by atoms with Crippen molar-refractivity contribution in [3.8, 4) is 0 Å². The molecule has 2 heteroatoms. The number of benzene rings is 3. The van der Waals surface area contributed by atoms with Gasteiger partial charge in [-0.15, -0.1) is 0 Å². The zero-order valence-corrected chi connectivity index (χ0v) is 19.0. The van der Waals surface area contributed by atoms with Crippen LogP contribution >= 0.6 is 31.9 Å². The fourth-order valence-electron chi connectivity index (χ4n) is 5.15. The van der Waals surface area contributed by atoms with Crippen molar-refractivity contribution in [2.75, 3.05) is 0 Å². The van der Waals surface area contributed by atoms with Crippen molar-refractivity contribution in [2.45, 2.75) is 56.7 Å². The molecule has 0 saturated carbocycles. The van der Waals surface area contributed by atoms with E-state index in [2.05, 4.69) is 89.9 Å². The zero-order valence-electron chi connectivity index (χ0n) is 15.8. The Morgan fingerprint density at radius 3 is 2.42 bits per heavy atom. The fourth-order valence-corrected chi connectivity index (χ4v) is 6.89. The molecule has 0 aliphatic heterocycles. The van der Waals surface area contributed by atoms with Crippen molar-refractivity contribution in [1.82, 2.24) is 0 Å². The van der Waals surface area contributed by atoms with Crippen LogP contribution in [0.15, 0.2) is 30.3 Å². The van der Waals surface area contributed by atoms with Crippen molar-refractivity contribution in [3.63, 3.8) is 0 Å². The van der Waals surface area contributed by atoms with Gasteiger partial charge in [0.15, 0.2) is 0 Å². The third-order valence-corrected chi connectivity index (χ3v) is 9.25. The van der Waals surface area contributed by atoms with Gasteiger partial charge >= 0.3 is 0 Å². The van der Waals surface area contributed by atoms with Crippen molar-refractivity contribution in [2.24, 2.45) is 5.92 Å². The largest absolute Gasteiger partial charge is 0.0794 e. The molecular formula is C24H24Br2. The fraction of sp³-hybridized carbons (Fsp3) is 0.417. The van der Waals surface area contributed by atoms with E-state index in [0.717, 1.165) is 6.42 Å². The quantitative estimate of drug-likeness (QED) is 0.332. The van der Waals surface area contributed by atoms with Crippen LogP contribution in [0.4, 0.5) is 0 Å². The van der Waals surface area contributed by atoms with Crippen LogP contribution in [0.1, 0.15) is 57.2 Å². The number of hydrogen-bond donors (Lipinski definition) is 0. The standard InChI is InChI=1S/C24H24Br2/c1-13(2)24(26)12-19(25)16-11-18-20-15(9-10-23(18,3)4)6-5-14-7-8-17(24)22(16)21(14)20/h5-8,11,13H,9-10,12H2,1-4H3. The maximum atomic E-state index is 4.16. The molecule has 0 spiro atoms. The summed E-state index contributed by atoms with van der Waals surface area (Å²) >= 11 is 8.14. The molecule has 0 aromatic heterocycles. The minimum absolute atomic E-state index is 0.00287. The molecule has 0 saturated heterocycles. The van der Waals surface area contributed by atoms with Crippen LogP contribution in [-0.4, -0.2) is 0 Å². The third-order valence-electron chi connectivity index (χ3n) is 6.92. The minimum Gasteiger partial charge on any atom is -0.0794 e. The van der Waals surface area contributed by atoms with Crippen LogP contribution in [0.25, 0.3) is 26.0 Å². The molecule has 3 aromatic carbocycles. The van der Waals surface area contributed by atoms with Gasteiger partial charge in [-0.2, -0.15) is 0 Å². The summed E-state index contributed by atoms with van der Waals surface area (Å²) in [6.07, 6.45) is 3.42. The molecule has 0 fully saturated rings. The van der Waals surface area contributed by atoms with Crippen molar-refractivity contribution in [1.29, 1.82) is 0 Å². The first-order valence-corrected chi connectivity index (χ1v) is 11.2. The van der Waals surface area contributed by atoms with Crippen LogP contribution in [0.2, 0.25) is 0 Å². The normalized spacial score (nSPS) is 24.0. The van der Waals surface area contributed by atoms with E-state index in [9.17, 15) is 0 Å². The lowest BCUT2D eigenvalue weighted by molar-refractivity contribution is 0.469. The van der Waals surface area contributed by atoms with E-state index >= 15 is 0 Å². The molecule has 2 aliphatic carbocycles. The Kier molecular flexibility index (Phi) is 3.55. The maximum Gasteiger partial charge on any atom is 0.0580 e. The highest BCUT2D eigenvalue weighted by Gasteiger charge is 2.39. The Hall–Kier alpha value is -0.860. The van der Waals surface area contributed by atoms with E-state index in [4.69, 9.17) is 0 Å². The number of alkyl halides is 1. The van der Waals surface area contributed by atoms with Gasteiger partial charge in [0.1, 0.15) is 0 Å². The third kappa shape index (κ3) is 2.06. The van der Waals surface area contributed by atoms with E-state index in [1.165, 1.54) is 60.8 Å². The lowest BCUT2D eigenvalue weighted by atomic mass is 9.69. The summed E-state index contributed by atoms with van der Waals surface area (Å²) in [5.41, 5.74) is 4.76. The van der Waals surface area contributed by atoms with Crippen LogP contribution in [0.3, 0.4) is 0 Å². The van der Waals surface area contributed by atoms with Gasteiger partial charge in [0.2, 0.25) is 0 Å². The second kappa shape index (κ2) is 5.35. The minimum atomic E-state index is -0.00287. The Morgan fingerprint density at radius 2 is 1.69 bits per heavy atom. The zero-order chi connectivity index (χ0) is 18.4. The van der Waals surface area contributed by atoms with Crippen LogP contribution in [0.5, 0.6) is 0 Å². The molecule has 134 valence electrons. The number of hydrogen-bond acceptors (Lipinski definition) is 0. The summed E-state index contributed by atoms with van der Waals surface area (Å²) in [5.74, 6) is 0.520. The van der Waals surface area contributed by atoms with Gasteiger partial charge in [0, 0.05) is 4.48 Å². The van der Waals surface area contributed by atoms with Crippen molar-refractivity contribution < 1.29 is 0 Å². The maximum absolute atomic E-state index is 4.16. The van der Waals surface area contributed by atoms with E-state index in [-0.39, 0.29) is 9.74 Å². The summed E-state index contributed by atoms with van der Waals surface area (Å²) in [4.78, 5) is 0. The second-order valence-corrected chi connectivity index (χ2v) is 11.5. The SMILES string of the molecule is CC(C)C1(Br)CC(Br)=c2cc3c4c(ccc5ccc1c2c54)CCC3(C)C. The van der Waals surface area contributed by atoms with Crippen LogP contribution in [0, 0.1) is 5.92 Å². The molecule has 0 heterocycles. The summed E-state index contributed by atoms with van der Waals surface area (Å²) in [6.45, 7) is 9.47. The van der Waals surface area contributed by atoms with E-state index in [0.29, 0.717) is 5.92 Å². The highest BCUT2D eigenvalue weighted by Crippen LogP contribution is 2.52. The molecule has 0 radical (unpaired) electrons. The summed E-state index contributed by atoms with van der Waals surface area (Å²) < 4.78 is 1.34. The highest BCUT2D eigenvalue weighted by atomic mass is 79.9. The summed E-state index contributed by atoms with van der Waals surface area (Å²) in [5, 5.41) is 7.27. The lowest BCUT2D eigenvalue weighted by Gasteiger charge is -2.39. The van der Waals surface area contributed by atoms with Gasteiger partial charge in [-0.3, -0.25) is 0 Å². The molecule has 0 nitrogen and oxygen atoms in total. The first-order valence-electron chi connectivity index (χ1n) is 9.63. The first-order chi connectivity index (χ1) is 12.2. The van der Waals surface area contributed by atoms with Gasteiger partial charge in [-0.05, 0) is 80.1 Å². The van der Waals surface area contributed by atoms with Gasteiger partial charge in [-0.1, -0.05) is 83.8 Å². The smallest absolute Gasteiger partial charge is 0.0580 e. The van der Waals surface area contributed by atoms with E-state index in [1.54, 1.807) is 0 Å². The molecular weight excluding hydrogens is 448 g/mol. The van der Waals surface area contributed by atoms with Crippen molar-refractivity contribution in [3.05, 3.63) is 52.2 Å². The monoisotopic (exact) mass is 470 g/mol. The molecule has 0 bridgehead atoms. The Labute approximate surface area is 172 Å². The van der Waals surface area contributed by atoms with Gasteiger partial charge in [0.25, 0.3) is 0 Å². The molecule has 0 amide bonds. The van der Waals surface area contributed by atoms with Crippen LogP contribution < -0.4 is 5.22 Å². The number of rotatable bonds is 1. The molecule has 3 aromatic rings. The van der Waals surface area contributed by atoms with Crippen molar-refractivity contribution >= 4 is 57.9 Å². The van der Waals surface area contributed by atoms with Gasteiger partial charge < -0.3 is 0 Å². The number of halogens is 2. The van der Waals surface area contributed by atoms with Gasteiger partial charge in [0.05, 0.1) is 4.32 Å². The Balaban J connectivity index is 2.08. The molecule has 1 atom stereocenters. The predicted octanol–water partition coefficient (Wildman–Crippen LogP) is 7.09. The van der Waals surface area contributed by atoms with E-state index in [1.807, 2.05) is 0 Å². The molecule has 2 aliphatic rings. The first kappa shape index (κ1) is 17.3. The lowest BCUT2D eigenvalue weighted by Crippen LogP contribution is -2.33. The summed E-state index contributed by atoms with van der Waals surface area (Å²) in [6, 6.07) is 11.9. The Bertz CT molecular complexity index is 1140. The predicted molar refractivity (Wildman–Crippen MR) is 120 cm³/mol. The topological polar surface area (TPSA) is 0 Å². The molecule has 1 unspecified atom stereocenters. The molecule has 5 rings (SSSR count). The average molecular weight is 472 g/mol. The Morgan fingerprint density at radius 1 is 0.962 bits per heavy atom. The number of aryl methyl sites for hydroxylation is 1. The highest BCUT2D eigenvalue weighted by molar-refractivity contribution is 9.15.